The lowest BCUT2D eigenvalue weighted by molar-refractivity contribution is -0.118. The molecule has 1 amide bonds. The first kappa shape index (κ1) is 23.5. The van der Waals surface area contributed by atoms with Gasteiger partial charge in [-0.3, -0.25) is 9.59 Å². The molecular formula is C27H29FN2O4. The maximum absolute atomic E-state index is 13.7. The van der Waals surface area contributed by atoms with Gasteiger partial charge in [-0.25, -0.2) is 4.39 Å². The zero-order valence-electron chi connectivity index (χ0n) is 20.0. The van der Waals surface area contributed by atoms with Crippen LogP contribution in [0.15, 0.2) is 65.0 Å². The minimum absolute atomic E-state index is 0.00910. The van der Waals surface area contributed by atoms with E-state index in [-0.39, 0.29) is 11.2 Å². The Bertz CT molecular complexity index is 1230. The first-order chi connectivity index (χ1) is 16.1. The van der Waals surface area contributed by atoms with E-state index in [9.17, 15) is 14.0 Å². The maximum Gasteiger partial charge on any atom is 0.254 e. The molecule has 7 heteroatoms. The molecule has 34 heavy (non-hydrogen) atoms. The lowest BCUT2D eigenvalue weighted by Gasteiger charge is -2.40. The summed E-state index contributed by atoms with van der Waals surface area (Å²) in [5.74, 6) is -0.402. The molecule has 2 aromatic carbocycles. The number of ether oxygens (including phenoxy) is 2. The Labute approximate surface area is 198 Å². The van der Waals surface area contributed by atoms with Crippen molar-refractivity contribution >= 4 is 17.4 Å². The summed E-state index contributed by atoms with van der Waals surface area (Å²) in [7, 11) is 3.11. The number of methoxy groups -OCH3 is 2. The second kappa shape index (κ2) is 8.97. The average Bonchev–Trinajstić information content (AvgIpc) is 2.76. The number of carbonyl (C=O) groups excluding carboxylic acids is 2. The minimum atomic E-state index is -0.644. The fourth-order valence-corrected chi connectivity index (χ4v) is 4.87. The van der Waals surface area contributed by atoms with Crippen LogP contribution in [-0.2, 0) is 9.59 Å². The molecule has 6 nitrogen and oxygen atoms in total. The number of allylic oxidation sites excluding steroid dienone is 3. The summed E-state index contributed by atoms with van der Waals surface area (Å²) in [4.78, 5) is 27.0. The Morgan fingerprint density at radius 3 is 2.56 bits per heavy atom. The van der Waals surface area contributed by atoms with E-state index in [4.69, 9.17) is 9.47 Å². The highest BCUT2D eigenvalue weighted by molar-refractivity contribution is 6.10. The first-order valence-electron chi connectivity index (χ1n) is 11.2. The summed E-state index contributed by atoms with van der Waals surface area (Å²) in [5, 5.41) is 6.12. The van der Waals surface area contributed by atoms with Crippen LogP contribution in [0.1, 0.15) is 45.1 Å². The number of nitrogens with one attached hydrogen (secondary N) is 2. The van der Waals surface area contributed by atoms with Gasteiger partial charge >= 0.3 is 0 Å². The van der Waals surface area contributed by atoms with Crippen molar-refractivity contribution in [3.63, 3.8) is 0 Å². The van der Waals surface area contributed by atoms with E-state index >= 15 is 0 Å². The molecule has 0 radical (unpaired) electrons. The highest BCUT2D eigenvalue weighted by atomic mass is 19.1. The Morgan fingerprint density at radius 2 is 1.88 bits per heavy atom. The molecule has 2 N–H and O–H groups in total. The molecule has 0 fully saturated rings. The van der Waals surface area contributed by atoms with Gasteiger partial charge in [-0.15, -0.1) is 0 Å². The van der Waals surface area contributed by atoms with Crippen molar-refractivity contribution in [2.24, 2.45) is 5.41 Å². The number of anilines is 1. The second-order valence-electron chi connectivity index (χ2n) is 9.50. The van der Waals surface area contributed by atoms with Crippen LogP contribution in [0.25, 0.3) is 0 Å². The molecule has 2 aliphatic rings. The number of Topliss-reactive ketones (excluding diaryl/α,β-unsaturated/α-hetero) is 1. The van der Waals surface area contributed by atoms with Crippen molar-refractivity contribution < 1.29 is 23.5 Å². The van der Waals surface area contributed by atoms with Gasteiger partial charge < -0.3 is 20.1 Å². The molecular weight excluding hydrogens is 435 g/mol. The SMILES string of the molecule is COc1ccc(C2C(C(=O)Nc3cccc(F)c3)=C(C)NC3=C2C(=O)CC(C)(C)C3)c(OC)c1. The molecule has 0 aromatic heterocycles. The van der Waals surface area contributed by atoms with Crippen molar-refractivity contribution in [3.05, 3.63) is 76.4 Å². The van der Waals surface area contributed by atoms with Crippen LogP contribution in [-0.4, -0.2) is 25.9 Å². The number of rotatable bonds is 5. The van der Waals surface area contributed by atoms with E-state index in [2.05, 4.69) is 24.5 Å². The van der Waals surface area contributed by atoms with Crippen molar-refractivity contribution in [1.29, 1.82) is 0 Å². The fourth-order valence-electron chi connectivity index (χ4n) is 4.87. The topological polar surface area (TPSA) is 76.7 Å². The van der Waals surface area contributed by atoms with Crippen LogP contribution in [0.4, 0.5) is 10.1 Å². The van der Waals surface area contributed by atoms with Crippen molar-refractivity contribution in [1.82, 2.24) is 5.32 Å². The lowest BCUT2D eigenvalue weighted by atomic mass is 9.68. The zero-order chi connectivity index (χ0) is 24.6. The van der Waals surface area contributed by atoms with Crippen LogP contribution in [0.3, 0.4) is 0 Å². The van der Waals surface area contributed by atoms with Gasteiger partial charge in [-0.1, -0.05) is 26.0 Å². The van der Waals surface area contributed by atoms with E-state index in [1.165, 1.54) is 18.2 Å². The average molecular weight is 465 g/mol. The van der Waals surface area contributed by atoms with E-state index in [1.54, 1.807) is 32.4 Å². The van der Waals surface area contributed by atoms with Crippen LogP contribution in [0.5, 0.6) is 11.5 Å². The summed E-state index contributed by atoms with van der Waals surface area (Å²) in [6, 6.07) is 11.1. The van der Waals surface area contributed by atoms with Crippen LogP contribution >= 0.6 is 0 Å². The number of dihydropyridines is 1. The number of hydrogen-bond donors (Lipinski definition) is 2. The Kier molecular flexibility index (Phi) is 6.21. The summed E-state index contributed by atoms with van der Waals surface area (Å²) in [6.07, 6.45) is 1.06. The number of hydrogen-bond acceptors (Lipinski definition) is 5. The lowest BCUT2D eigenvalue weighted by Crippen LogP contribution is -2.39. The number of amides is 1. The van der Waals surface area contributed by atoms with E-state index in [0.29, 0.717) is 52.4 Å². The van der Waals surface area contributed by atoms with E-state index in [0.717, 1.165) is 5.70 Å². The third kappa shape index (κ3) is 4.42. The maximum atomic E-state index is 13.7. The predicted molar refractivity (Wildman–Crippen MR) is 128 cm³/mol. The molecule has 0 saturated carbocycles. The monoisotopic (exact) mass is 464 g/mol. The van der Waals surface area contributed by atoms with Crippen LogP contribution in [0.2, 0.25) is 0 Å². The smallest absolute Gasteiger partial charge is 0.254 e. The summed E-state index contributed by atoms with van der Waals surface area (Å²) in [6.45, 7) is 5.94. The molecule has 1 heterocycles. The molecule has 0 saturated heterocycles. The number of carbonyl (C=O) groups is 2. The molecule has 1 unspecified atom stereocenters. The Hall–Kier alpha value is -3.61. The highest BCUT2D eigenvalue weighted by Gasteiger charge is 2.43. The molecule has 1 aliphatic carbocycles. The molecule has 178 valence electrons. The molecule has 0 spiro atoms. The van der Waals surface area contributed by atoms with Gasteiger partial charge in [0.1, 0.15) is 17.3 Å². The number of ketones is 1. The molecule has 1 aliphatic heterocycles. The van der Waals surface area contributed by atoms with E-state index < -0.39 is 17.6 Å². The predicted octanol–water partition coefficient (Wildman–Crippen LogP) is 5.09. The Morgan fingerprint density at radius 1 is 1.12 bits per heavy atom. The molecule has 0 bridgehead atoms. The van der Waals surface area contributed by atoms with Gasteiger partial charge in [0.2, 0.25) is 0 Å². The molecule has 1 atom stereocenters. The molecule has 2 aromatic rings. The van der Waals surface area contributed by atoms with Gasteiger partial charge in [0.25, 0.3) is 5.91 Å². The minimum Gasteiger partial charge on any atom is -0.497 e. The van der Waals surface area contributed by atoms with Gasteiger partial charge in [-0.2, -0.15) is 0 Å². The number of halogens is 1. The fraction of sp³-hybridized carbons (Fsp3) is 0.333. The van der Waals surface area contributed by atoms with Gasteiger partial charge in [0, 0.05) is 46.3 Å². The normalized spacial score (nSPS) is 19.4. The quantitative estimate of drug-likeness (QED) is 0.645. The second-order valence-corrected chi connectivity index (χ2v) is 9.50. The molecule has 4 rings (SSSR count). The van der Waals surface area contributed by atoms with Gasteiger partial charge in [0.05, 0.1) is 20.1 Å². The first-order valence-corrected chi connectivity index (χ1v) is 11.2. The van der Waals surface area contributed by atoms with Gasteiger partial charge in [-0.05, 0) is 43.0 Å². The van der Waals surface area contributed by atoms with E-state index in [1.807, 2.05) is 13.0 Å². The van der Waals surface area contributed by atoms with Crippen molar-refractivity contribution in [2.75, 3.05) is 19.5 Å². The summed E-state index contributed by atoms with van der Waals surface area (Å²) >= 11 is 0. The summed E-state index contributed by atoms with van der Waals surface area (Å²) < 4.78 is 24.7. The van der Waals surface area contributed by atoms with Crippen LogP contribution < -0.4 is 20.1 Å². The summed E-state index contributed by atoms with van der Waals surface area (Å²) in [5.41, 5.74) is 3.25. The van der Waals surface area contributed by atoms with Crippen LogP contribution in [0, 0.1) is 11.2 Å². The van der Waals surface area contributed by atoms with Crippen molar-refractivity contribution in [2.45, 2.75) is 39.5 Å². The standard InChI is InChI=1S/C27H29FN2O4/c1-15-23(26(32)30-17-8-6-7-16(28)11-17)24(19-10-9-18(33-4)12-22(19)34-5)25-20(29-15)13-27(2,3)14-21(25)31/h6-12,24,29H,13-14H2,1-5H3,(H,30,32). The zero-order valence-corrected chi connectivity index (χ0v) is 20.0. The highest BCUT2D eigenvalue weighted by Crippen LogP contribution is 2.49. The van der Waals surface area contributed by atoms with Crippen molar-refractivity contribution in [3.8, 4) is 11.5 Å². The Balaban J connectivity index is 1.86. The number of benzene rings is 2. The third-order valence-corrected chi connectivity index (χ3v) is 6.32. The third-order valence-electron chi connectivity index (χ3n) is 6.32. The largest absolute Gasteiger partial charge is 0.497 e. The van der Waals surface area contributed by atoms with Gasteiger partial charge in [0.15, 0.2) is 5.78 Å².